The van der Waals surface area contributed by atoms with E-state index in [1.54, 1.807) is 0 Å². The minimum atomic E-state index is -1.06. The number of allylic oxidation sites excluding steroid dienone is 1. The van der Waals surface area contributed by atoms with Crippen LogP contribution in [0.3, 0.4) is 0 Å². The Balaban J connectivity index is 1.96. The number of aliphatic carboxylic acids is 1. The Morgan fingerprint density at radius 3 is 2.70 bits per heavy atom. The number of carboxylic acid groups (broad SMARTS) is 1. The van der Waals surface area contributed by atoms with Crippen molar-refractivity contribution in [3.05, 3.63) is 46.9 Å². The highest BCUT2D eigenvalue weighted by Crippen LogP contribution is 2.31. The predicted molar refractivity (Wildman–Crippen MR) is 82.4 cm³/mol. The third kappa shape index (κ3) is 3.68. The van der Waals surface area contributed by atoms with Crippen LogP contribution in [0.25, 0.3) is 0 Å². The van der Waals surface area contributed by atoms with Crippen LogP contribution in [0.15, 0.2) is 41.3 Å². The van der Waals surface area contributed by atoms with Gasteiger partial charge in [0.1, 0.15) is 10.9 Å². The number of thiocarbonyl (C=S) groups is 1. The Kier molecular flexibility index (Phi) is 4.92. The molecular formula is C14H13NO3S2. The first kappa shape index (κ1) is 14.7. The zero-order chi connectivity index (χ0) is 14.5. The normalized spacial score (nSPS) is 17.0. The van der Waals surface area contributed by atoms with Gasteiger partial charge in [-0.15, -0.1) is 0 Å². The largest absolute Gasteiger partial charge is 0.480 e. The lowest BCUT2D eigenvalue weighted by Gasteiger charge is -2.10. The molecule has 1 aromatic rings. The molecule has 0 aliphatic carbocycles. The van der Waals surface area contributed by atoms with Gasteiger partial charge in [0.2, 0.25) is 0 Å². The zero-order valence-electron chi connectivity index (χ0n) is 10.6. The van der Waals surface area contributed by atoms with Crippen molar-refractivity contribution in [2.24, 2.45) is 0 Å². The Bertz CT molecular complexity index is 569. The first-order valence-corrected chi connectivity index (χ1v) is 7.30. The molecule has 1 heterocycles. The van der Waals surface area contributed by atoms with Gasteiger partial charge in [0, 0.05) is 0 Å². The number of hydrogen-bond acceptors (Lipinski definition) is 4. The van der Waals surface area contributed by atoms with Crippen LogP contribution in [0.2, 0.25) is 0 Å². The monoisotopic (exact) mass is 307 g/mol. The third-order valence-corrected chi connectivity index (χ3v) is 4.20. The lowest BCUT2D eigenvalue weighted by molar-refractivity contribution is -0.140. The standard InChI is InChI=1S/C14H13NO3S2/c16-12(17)9-15-13(18)11(20-14(15)19)8-4-7-10-5-2-1-3-6-10/h1-3,5-6,8H,4,7,9H2,(H,16,17). The highest BCUT2D eigenvalue weighted by Gasteiger charge is 2.32. The van der Waals surface area contributed by atoms with E-state index in [4.69, 9.17) is 17.3 Å². The molecule has 0 bridgehead atoms. The number of amides is 1. The minimum absolute atomic E-state index is 0.309. The van der Waals surface area contributed by atoms with Gasteiger partial charge < -0.3 is 5.11 Å². The summed E-state index contributed by atoms with van der Waals surface area (Å²) in [5.41, 5.74) is 1.20. The van der Waals surface area contributed by atoms with Gasteiger partial charge in [0.15, 0.2) is 0 Å². The lowest BCUT2D eigenvalue weighted by Crippen LogP contribution is -2.33. The maximum Gasteiger partial charge on any atom is 0.323 e. The molecule has 1 aliphatic rings. The minimum Gasteiger partial charge on any atom is -0.480 e. The Hall–Kier alpha value is -1.66. The van der Waals surface area contributed by atoms with Crippen LogP contribution < -0.4 is 0 Å². The molecule has 2 rings (SSSR count). The number of carboxylic acids is 1. The number of rotatable bonds is 5. The van der Waals surface area contributed by atoms with Gasteiger partial charge in [-0.3, -0.25) is 14.5 Å². The van der Waals surface area contributed by atoms with Crippen LogP contribution in [-0.2, 0) is 16.0 Å². The first-order valence-electron chi connectivity index (χ1n) is 6.07. The average molecular weight is 307 g/mol. The van der Waals surface area contributed by atoms with Crippen molar-refractivity contribution in [1.29, 1.82) is 0 Å². The highest BCUT2D eigenvalue weighted by molar-refractivity contribution is 8.26. The van der Waals surface area contributed by atoms with E-state index in [0.717, 1.165) is 29.5 Å². The summed E-state index contributed by atoms with van der Waals surface area (Å²) in [6, 6.07) is 9.97. The van der Waals surface area contributed by atoms with Crippen LogP contribution >= 0.6 is 24.0 Å². The summed E-state index contributed by atoms with van der Waals surface area (Å²) in [5, 5.41) is 8.74. The van der Waals surface area contributed by atoms with E-state index in [2.05, 4.69) is 0 Å². The molecule has 1 fully saturated rings. The van der Waals surface area contributed by atoms with E-state index >= 15 is 0 Å². The second-order valence-corrected chi connectivity index (χ2v) is 5.92. The molecule has 0 unspecified atom stereocenters. The highest BCUT2D eigenvalue weighted by atomic mass is 32.2. The average Bonchev–Trinajstić information content (AvgIpc) is 2.67. The van der Waals surface area contributed by atoms with Crippen LogP contribution in [0.4, 0.5) is 0 Å². The van der Waals surface area contributed by atoms with E-state index in [-0.39, 0.29) is 12.5 Å². The number of carbonyl (C=O) groups is 2. The van der Waals surface area contributed by atoms with Gasteiger partial charge >= 0.3 is 5.97 Å². The molecular weight excluding hydrogens is 294 g/mol. The molecule has 104 valence electrons. The molecule has 0 spiro atoms. The van der Waals surface area contributed by atoms with Crippen molar-refractivity contribution in [2.75, 3.05) is 6.54 Å². The smallest absolute Gasteiger partial charge is 0.323 e. The molecule has 1 aromatic carbocycles. The van der Waals surface area contributed by atoms with E-state index in [1.165, 1.54) is 5.56 Å². The van der Waals surface area contributed by atoms with Crippen LogP contribution in [-0.4, -0.2) is 32.7 Å². The Morgan fingerprint density at radius 1 is 1.35 bits per heavy atom. The summed E-state index contributed by atoms with van der Waals surface area (Å²) in [6.07, 6.45) is 3.39. The number of hydrogen-bond donors (Lipinski definition) is 1. The van der Waals surface area contributed by atoms with Gasteiger partial charge in [0.25, 0.3) is 5.91 Å². The summed E-state index contributed by atoms with van der Waals surface area (Å²) in [5.74, 6) is -1.37. The molecule has 1 N–H and O–H groups in total. The number of carbonyl (C=O) groups excluding carboxylic acids is 1. The molecule has 0 aromatic heterocycles. The molecule has 0 atom stereocenters. The van der Waals surface area contributed by atoms with Crippen LogP contribution in [0.1, 0.15) is 12.0 Å². The van der Waals surface area contributed by atoms with Crippen molar-refractivity contribution >= 4 is 40.2 Å². The molecule has 6 heteroatoms. The number of aryl methyl sites for hydroxylation is 1. The first-order chi connectivity index (χ1) is 9.58. The summed E-state index contributed by atoms with van der Waals surface area (Å²) in [7, 11) is 0. The van der Waals surface area contributed by atoms with Crippen molar-refractivity contribution in [3.63, 3.8) is 0 Å². The zero-order valence-corrected chi connectivity index (χ0v) is 12.2. The fourth-order valence-electron chi connectivity index (χ4n) is 1.82. The SMILES string of the molecule is O=C(O)CN1C(=O)C(=CCCc2ccccc2)SC1=S. The summed E-state index contributed by atoms with van der Waals surface area (Å²) in [6.45, 7) is -0.374. The quantitative estimate of drug-likeness (QED) is 0.669. The van der Waals surface area contributed by atoms with Gasteiger partial charge in [-0.25, -0.2) is 0 Å². The number of nitrogens with zero attached hydrogens (tertiary/aromatic N) is 1. The van der Waals surface area contributed by atoms with Crippen molar-refractivity contribution in [3.8, 4) is 0 Å². The van der Waals surface area contributed by atoms with Gasteiger partial charge in [-0.05, 0) is 18.4 Å². The van der Waals surface area contributed by atoms with Gasteiger partial charge in [-0.2, -0.15) is 0 Å². The van der Waals surface area contributed by atoms with E-state index in [9.17, 15) is 9.59 Å². The molecule has 1 amide bonds. The van der Waals surface area contributed by atoms with Crippen LogP contribution in [0.5, 0.6) is 0 Å². The summed E-state index contributed by atoms with van der Waals surface area (Å²) < 4.78 is 0.309. The van der Waals surface area contributed by atoms with Crippen molar-refractivity contribution in [1.82, 2.24) is 4.90 Å². The lowest BCUT2D eigenvalue weighted by atomic mass is 10.1. The molecule has 1 saturated heterocycles. The van der Waals surface area contributed by atoms with Crippen LogP contribution in [0, 0.1) is 0 Å². The van der Waals surface area contributed by atoms with Crippen molar-refractivity contribution < 1.29 is 14.7 Å². The van der Waals surface area contributed by atoms with Crippen molar-refractivity contribution in [2.45, 2.75) is 12.8 Å². The second-order valence-electron chi connectivity index (χ2n) is 4.25. The van der Waals surface area contributed by atoms with Gasteiger partial charge in [-0.1, -0.05) is 60.4 Å². The second kappa shape index (κ2) is 6.67. The van der Waals surface area contributed by atoms with E-state index < -0.39 is 5.97 Å². The molecule has 1 aliphatic heterocycles. The summed E-state index contributed by atoms with van der Waals surface area (Å²) in [4.78, 5) is 24.3. The Labute approximate surface area is 126 Å². The molecule has 0 saturated carbocycles. The van der Waals surface area contributed by atoms with E-state index in [1.807, 2.05) is 36.4 Å². The molecule has 0 radical (unpaired) electrons. The van der Waals surface area contributed by atoms with E-state index in [0.29, 0.717) is 9.23 Å². The fraction of sp³-hybridized carbons (Fsp3) is 0.214. The maximum atomic E-state index is 12.0. The predicted octanol–water partition coefficient (Wildman–Crippen LogP) is 2.45. The molecule has 20 heavy (non-hydrogen) atoms. The number of benzene rings is 1. The fourth-order valence-corrected chi connectivity index (χ4v) is 3.09. The topological polar surface area (TPSA) is 57.6 Å². The number of thioether (sulfide) groups is 1. The maximum absolute atomic E-state index is 12.0. The third-order valence-electron chi connectivity index (χ3n) is 2.77. The summed E-state index contributed by atoms with van der Waals surface area (Å²) >= 11 is 6.19. The Morgan fingerprint density at radius 2 is 2.05 bits per heavy atom. The van der Waals surface area contributed by atoms with Gasteiger partial charge in [0.05, 0.1) is 4.91 Å². The molecule has 4 nitrogen and oxygen atoms in total.